The van der Waals surface area contributed by atoms with Crippen LogP contribution in [-0.4, -0.2) is 68.5 Å². The number of benzene rings is 3. The zero-order valence-corrected chi connectivity index (χ0v) is 25.0. The largest absolute Gasteiger partial charge is 0.345 e. The topological polar surface area (TPSA) is 111 Å². The van der Waals surface area contributed by atoms with E-state index >= 15 is 0 Å². The molecule has 8 nitrogen and oxygen atoms in total. The minimum atomic E-state index is -3.27. The fraction of sp³-hybridized carbons (Fsp3) is 0.364. The van der Waals surface area contributed by atoms with Crippen LogP contribution in [0.5, 0.6) is 0 Å². The van der Waals surface area contributed by atoms with Crippen LogP contribution in [0.25, 0.3) is 0 Å². The first-order chi connectivity index (χ1) is 20.2. The lowest BCUT2D eigenvalue weighted by atomic mass is 9.99. The van der Waals surface area contributed by atoms with E-state index in [1.54, 1.807) is 48.5 Å². The lowest BCUT2D eigenvalue weighted by Gasteiger charge is -2.38. The van der Waals surface area contributed by atoms with E-state index in [9.17, 15) is 23.3 Å². The molecule has 0 aromatic heterocycles. The van der Waals surface area contributed by atoms with Gasteiger partial charge in [0.25, 0.3) is 5.91 Å². The first-order valence-electron chi connectivity index (χ1n) is 14.3. The number of rotatable bonds is 11. The summed E-state index contributed by atoms with van der Waals surface area (Å²) < 4.78 is 23.5. The van der Waals surface area contributed by atoms with Gasteiger partial charge in [0.1, 0.15) is 0 Å². The Balaban J connectivity index is 1.32. The first kappa shape index (κ1) is 30.9. The quantitative estimate of drug-likeness (QED) is 0.357. The fourth-order valence-corrected chi connectivity index (χ4v) is 6.14. The summed E-state index contributed by atoms with van der Waals surface area (Å²) in [6.07, 6.45) is 3.89. The van der Waals surface area contributed by atoms with E-state index in [4.69, 9.17) is 0 Å². The first-order valence-corrected chi connectivity index (χ1v) is 16.2. The van der Waals surface area contributed by atoms with Crippen LogP contribution < -0.4 is 5.32 Å². The Morgan fingerprint density at radius 3 is 2.33 bits per heavy atom. The summed E-state index contributed by atoms with van der Waals surface area (Å²) in [5.74, 6) is -0.155. The molecular formula is C33H38N4O4S. The third kappa shape index (κ3) is 8.28. The molecule has 0 spiro atoms. The summed E-state index contributed by atoms with van der Waals surface area (Å²) in [4.78, 5) is 30.8. The number of hydrogen-bond acceptors (Lipinski definition) is 6. The molecule has 0 aliphatic carbocycles. The number of likely N-dealkylation sites (N-methyl/N-ethyl adjacent to an activating group) is 1. The second-order valence-electron chi connectivity index (χ2n) is 10.8. The van der Waals surface area contributed by atoms with Gasteiger partial charge in [-0.2, -0.15) is 5.26 Å². The summed E-state index contributed by atoms with van der Waals surface area (Å²) in [7, 11) is -3.27. The molecule has 9 heteroatoms. The highest BCUT2D eigenvalue weighted by Crippen LogP contribution is 2.22. The average molecular weight is 587 g/mol. The summed E-state index contributed by atoms with van der Waals surface area (Å²) in [5.41, 5.74) is 2.75. The zero-order valence-electron chi connectivity index (χ0n) is 24.2. The van der Waals surface area contributed by atoms with Crippen molar-refractivity contribution in [1.82, 2.24) is 15.1 Å². The fourth-order valence-electron chi connectivity index (χ4n) is 5.51. The van der Waals surface area contributed by atoms with E-state index < -0.39 is 9.84 Å². The summed E-state index contributed by atoms with van der Waals surface area (Å²) >= 11 is 0. The van der Waals surface area contributed by atoms with Crippen LogP contribution in [0, 0.1) is 11.3 Å². The highest BCUT2D eigenvalue weighted by Gasteiger charge is 2.27. The smallest absolute Gasteiger partial charge is 0.251 e. The van der Waals surface area contributed by atoms with Crippen molar-refractivity contribution in [3.63, 3.8) is 0 Å². The molecule has 1 unspecified atom stereocenters. The van der Waals surface area contributed by atoms with Crippen molar-refractivity contribution in [2.24, 2.45) is 0 Å². The lowest BCUT2D eigenvalue weighted by Crippen LogP contribution is -2.48. The van der Waals surface area contributed by atoms with E-state index in [1.807, 2.05) is 42.2 Å². The Kier molecular flexibility index (Phi) is 10.5. The Morgan fingerprint density at radius 2 is 1.71 bits per heavy atom. The molecule has 0 radical (unpaired) electrons. The van der Waals surface area contributed by atoms with Gasteiger partial charge in [-0.1, -0.05) is 48.5 Å². The zero-order chi connectivity index (χ0) is 30.1. The van der Waals surface area contributed by atoms with Crippen LogP contribution in [0.2, 0.25) is 0 Å². The van der Waals surface area contributed by atoms with Gasteiger partial charge >= 0.3 is 0 Å². The van der Waals surface area contributed by atoms with Crippen molar-refractivity contribution in [1.29, 1.82) is 5.26 Å². The van der Waals surface area contributed by atoms with Gasteiger partial charge in [0.15, 0.2) is 9.84 Å². The molecular weight excluding hydrogens is 548 g/mol. The molecule has 0 bridgehead atoms. The second-order valence-corrected chi connectivity index (χ2v) is 12.8. The molecule has 220 valence electrons. The number of nitriles is 1. The highest BCUT2D eigenvalue weighted by molar-refractivity contribution is 7.90. The van der Waals surface area contributed by atoms with Crippen LogP contribution in [0.15, 0.2) is 83.8 Å². The molecule has 2 amide bonds. The molecule has 0 saturated carbocycles. The van der Waals surface area contributed by atoms with Gasteiger partial charge in [-0.3, -0.25) is 9.59 Å². The average Bonchev–Trinajstić information content (AvgIpc) is 3.00. The van der Waals surface area contributed by atoms with Crippen molar-refractivity contribution in [3.05, 3.63) is 101 Å². The third-order valence-corrected chi connectivity index (χ3v) is 8.99. The van der Waals surface area contributed by atoms with Gasteiger partial charge in [0.05, 0.1) is 29.0 Å². The molecule has 1 heterocycles. The van der Waals surface area contributed by atoms with Crippen molar-refractivity contribution < 1.29 is 18.0 Å². The Morgan fingerprint density at radius 1 is 1.02 bits per heavy atom. The summed E-state index contributed by atoms with van der Waals surface area (Å²) in [6.45, 7) is 5.14. The van der Waals surface area contributed by atoms with Gasteiger partial charge < -0.3 is 15.1 Å². The van der Waals surface area contributed by atoms with Crippen molar-refractivity contribution in [2.45, 2.75) is 49.6 Å². The molecule has 1 aliphatic rings. The van der Waals surface area contributed by atoms with E-state index in [2.05, 4.69) is 16.3 Å². The standard InChI is InChI=1S/C33H38N4O4S/c1-3-37(32(38)23-25-12-14-30(15-13-25)42(2,40)41)29-16-19-36(20-17-29)21-18-31(27-9-5-4-6-10-27)35-33(39)28-11-7-8-26(22-28)24-34/h4-15,22,29,31H,3,16-21,23H2,1-2H3,(H,35,39). The number of nitrogens with one attached hydrogen (secondary N) is 1. The number of hydrogen-bond donors (Lipinski definition) is 1. The van der Waals surface area contributed by atoms with Gasteiger partial charge in [-0.25, -0.2) is 8.42 Å². The minimum Gasteiger partial charge on any atom is -0.345 e. The van der Waals surface area contributed by atoms with E-state index in [-0.39, 0.29) is 35.2 Å². The SMILES string of the molecule is CCN(C(=O)Cc1ccc(S(C)(=O)=O)cc1)C1CCN(CCC(NC(=O)c2cccc(C#N)c2)c2ccccc2)CC1. The van der Waals surface area contributed by atoms with Gasteiger partial charge in [-0.15, -0.1) is 0 Å². The number of nitrogens with zero attached hydrogens (tertiary/aromatic N) is 3. The Labute approximate surface area is 248 Å². The normalized spacial score (nSPS) is 15.0. The van der Waals surface area contributed by atoms with Gasteiger partial charge in [0, 0.05) is 44.0 Å². The predicted octanol–water partition coefficient (Wildman–Crippen LogP) is 4.38. The van der Waals surface area contributed by atoms with Crippen molar-refractivity contribution in [2.75, 3.05) is 32.4 Å². The van der Waals surface area contributed by atoms with Crippen LogP contribution >= 0.6 is 0 Å². The van der Waals surface area contributed by atoms with E-state index in [1.165, 1.54) is 6.26 Å². The van der Waals surface area contributed by atoms with Crippen LogP contribution in [0.3, 0.4) is 0 Å². The Hall–Kier alpha value is -4.00. The van der Waals surface area contributed by atoms with Crippen LogP contribution in [0.1, 0.15) is 59.3 Å². The molecule has 1 atom stereocenters. The maximum Gasteiger partial charge on any atom is 0.251 e. The molecule has 1 N–H and O–H groups in total. The molecule has 42 heavy (non-hydrogen) atoms. The van der Waals surface area contributed by atoms with Gasteiger partial charge in [0.2, 0.25) is 5.91 Å². The van der Waals surface area contributed by atoms with Crippen molar-refractivity contribution in [3.8, 4) is 6.07 Å². The molecule has 4 rings (SSSR count). The number of likely N-dealkylation sites (tertiary alicyclic amines) is 1. The molecule has 3 aromatic rings. The maximum absolute atomic E-state index is 13.2. The third-order valence-electron chi connectivity index (χ3n) is 7.86. The Bertz CT molecular complexity index is 1510. The predicted molar refractivity (Wildman–Crippen MR) is 163 cm³/mol. The molecule has 1 fully saturated rings. The monoisotopic (exact) mass is 586 g/mol. The van der Waals surface area contributed by atoms with Crippen molar-refractivity contribution >= 4 is 21.7 Å². The highest BCUT2D eigenvalue weighted by atomic mass is 32.2. The number of carbonyl (C=O) groups excluding carboxylic acids is 2. The number of carbonyl (C=O) groups is 2. The van der Waals surface area contributed by atoms with E-state index in [0.29, 0.717) is 17.7 Å². The van der Waals surface area contributed by atoms with Crippen LogP contribution in [0.4, 0.5) is 0 Å². The number of piperidine rings is 1. The number of amides is 2. The summed E-state index contributed by atoms with van der Waals surface area (Å²) in [5, 5.41) is 12.4. The molecule has 1 aliphatic heterocycles. The van der Waals surface area contributed by atoms with E-state index in [0.717, 1.165) is 50.0 Å². The maximum atomic E-state index is 13.2. The summed E-state index contributed by atoms with van der Waals surface area (Å²) in [6, 6.07) is 25.2. The lowest BCUT2D eigenvalue weighted by molar-refractivity contribution is -0.133. The minimum absolute atomic E-state index is 0.0513. The van der Waals surface area contributed by atoms with Gasteiger partial charge in [-0.05, 0) is 67.6 Å². The molecule has 3 aromatic carbocycles. The molecule has 1 saturated heterocycles. The number of sulfone groups is 1. The second kappa shape index (κ2) is 14.3. The van der Waals surface area contributed by atoms with Crippen LogP contribution in [-0.2, 0) is 21.1 Å².